The van der Waals surface area contributed by atoms with Gasteiger partial charge in [0.05, 0.1) is 23.3 Å². The van der Waals surface area contributed by atoms with Crippen molar-refractivity contribution in [3.8, 4) is 5.75 Å². The van der Waals surface area contributed by atoms with Gasteiger partial charge < -0.3 is 14.6 Å². The molecule has 1 fully saturated rings. The van der Waals surface area contributed by atoms with Crippen LogP contribution < -0.4 is 4.74 Å². The highest BCUT2D eigenvalue weighted by molar-refractivity contribution is 6.42. The van der Waals surface area contributed by atoms with Crippen LogP contribution in [0.15, 0.2) is 23.9 Å². The molecule has 0 bridgehead atoms. The van der Waals surface area contributed by atoms with Crippen molar-refractivity contribution in [1.29, 1.82) is 0 Å². The van der Waals surface area contributed by atoms with Gasteiger partial charge in [-0.1, -0.05) is 36.2 Å². The standard InChI is InChI=1S/C21H26Cl2NO3/c1-3-6-16(15-12-24(13-15)19-7-4-5-9-27-19)20-14(2)21(23)17(22)11-18(20)26-10-8-25/h6,11-13,19,25H,3-5,7-10H2,1-2H3/q+1/b16-6-. The van der Waals surface area contributed by atoms with Crippen LogP contribution in [0.5, 0.6) is 5.75 Å². The topological polar surface area (TPSA) is 41.7 Å². The highest BCUT2D eigenvalue weighted by Crippen LogP contribution is 2.42. The maximum absolute atomic E-state index is 9.16. The summed E-state index contributed by atoms with van der Waals surface area (Å²) in [6, 6.07) is 1.73. The third-order valence-corrected chi connectivity index (χ3v) is 5.70. The Morgan fingerprint density at radius 3 is 2.81 bits per heavy atom. The smallest absolute Gasteiger partial charge is 0.262 e. The number of benzene rings is 1. The van der Waals surface area contributed by atoms with Gasteiger partial charge in [0.1, 0.15) is 17.9 Å². The van der Waals surface area contributed by atoms with Crippen LogP contribution in [-0.4, -0.2) is 41.9 Å². The second-order valence-corrected chi connectivity index (χ2v) is 7.54. The Kier molecular flexibility index (Phi) is 6.99. The van der Waals surface area contributed by atoms with Crippen molar-refractivity contribution in [2.45, 2.75) is 45.8 Å². The molecule has 2 aliphatic rings. The minimum absolute atomic E-state index is 0.0623. The molecule has 0 saturated carbocycles. The SMILES string of the molecule is CC/C=C(/C1=C[N+](C2CCCCO2)=C1)c1c(OCCO)cc(Cl)c(Cl)c1C. The van der Waals surface area contributed by atoms with E-state index in [9.17, 15) is 0 Å². The Balaban J connectivity index is 1.94. The zero-order valence-electron chi connectivity index (χ0n) is 15.8. The van der Waals surface area contributed by atoms with Crippen LogP contribution >= 0.6 is 23.2 Å². The minimum atomic E-state index is -0.0623. The normalized spacial score (nSPS) is 20.0. The van der Waals surface area contributed by atoms with Gasteiger partial charge in [-0.25, -0.2) is 0 Å². The van der Waals surface area contributed by atoms with E-state index in [2.05, 4.69) is 30.0 Å². The average molecular weight is 411 g/mol. The molecule has 2 aliphatic heterocycles. The highest BCUT2D eigenvalue weighted by atomic mass is 35.5. The predicted octanol–water partition coefficient (Wildman–Crippen LogP) is 4.97. The molecule has 1 N–H and O–H groups in total. The number of allylic oxidation sites excluding steroid dienone is 3. The van der Waals surface area contributed by atoms with Crippen molar-refractivity contribution in [3.05, 3.63) is 45.1 Å². The van der Waals surface area contributed by atoms with Crippen molar-refractivity contribution < 1.29 is 19.2 Å². The lowest BCUT2D eigenvalue weighted by molar-refractivity contribution is -0.566. The fourth-order valence-corrected chi connectivity index (χ4v) is 3.86. The van der Waals surface area contributed by atoms with Crippen molar-refractivity contribution in [3.63, 3.8) is 0 Å². The van der Waals surface area contributed by atoms with E-state index in [0.717, 1.165) is 48.1 Å². The van der Waals surface area contributed by atoms with Crippen LogP contribution in [0.2, 0.25) is 10.0 Å². The second-order valence-electron chi connectivity index (χ2n) is 6.75. The molecule has 3 rings (SSSR count). The second kappa shape index (κ2) is 9.24. The largest absolute Gasteiger partial charge is 0.490 e. The summed E-state index contributed by atoms with van der Waals surface area (Å²) in [4.78, 5) is 0. The van der Waals surface area contributed by atoms with Crippen molar-refractivity contribution in [2.24, 2.45) is 0 Å². The molecule has 1 aromatic rings. The first kappa shape index (κ1) is 20.4. The molecule has 0 radical (unpaired) electrons. The maximum atomic E-state index is 9.16. The van der Waals surface area contributed by atoms with Gasteiger partial charge in [-0.05, 0) is 31.7 Å². The number of aliphatic hydroxyl groups is 1. The highest BCUT2D eigenvalue weighted by Gasteiger charge is 2.32. The molecular formula is C21H26Cl2NO3+. The summed E-state index contributed by atoms with van der Waals surface area (Å²) >= 11 is 12.7. The van der Waals surface area contributed by atoms with E-state index in [1.807, 2.05) is 6.92 Å². The van der Waals surface area contributed by atoms with Crippen molar-refractivity contribution in [1.82, 2.24) is 0 Å². The zero-order chi connectivity index (χ0) is 19.4. The van der Waals surface area contributed by atoms with E-state index in [1.54, 1.807) is 6.07 Å². The molecule has 27 heavy (non-hydrogen) atoms. The summed E-state index contributed by atoms with van der Waals surface area (Å²) in [5.41, 5.74) is 3.97. The molecule has 146 valence electrons. The Morgan fingerprint density at radius 1 is 1.41 bits per heavy atom. The van der Waals surface area contributed by atoms with Crippen LogP contribution in [0, 0.1) is 6.92 Å². The summed E-state index contributed by atoms with van der Waals surface area (Å²) in [5.74, 6) is 0.636. The molecule has 1 unspecified atom stereocenters. The Hall–Kier alpha value is -1.33. The molecule has 2 heterocycles. The van der Waals surface area contributed by atoms with Gasteiger partial charge in [0.2, 0.25) is 0 Å². The molecule has 0 spiro atoms. The number of aliphatic hydroxyl groups excluding tert-OH is 1. The maximum Gasteiger partial charge on any atom is 0.262 e. The Labute approximate surface area is 170 Å². The molecule has 1 atom stereocenters. The first-order chi connectivity index (χ1) is 13.1. The van der Waals surface area contributed by atoms with Crippen LogP contribution in [0.3, 0.4) is 0 Å². The Morgan fingerprint density at radius 2 is 2.19 bits per heavy atom. The lowest BCUT2D eigenvalue weighted by Gasteiger charge is -2.24. The number of hydrogen-bond acceptors (Lipinski definition) is 3. The van der Waals surface area contributed by atoms with Crippen LogP contribution in [0.4, 0.5) is 0 Å². The third kappa shape index (κ3) is 4.40. The molecular weight excluding hydrogens is 385 g/mol. The van der Waals surface area contributed by atoms with Crippen molar-refractivity contribution >= 4 is 35.0 Å². The van der Waals surface area contributed by atoms with E-state index in [0.29, 0.717) is 15.8 Å². The quantitative estimate of drug-likeness (QED) is 0.644. The first-order valence-electron chi connectivity index (χ1n) is 9.45. The first-order valence-corrected chi connectivity index (χ1v) is 10.2. The summed E-state index contributed by atoms with van der Waals surface area (Å²) in [7, 11) is 0. The number of ether oxygens (including phenoxy) is 2. The lowest BCUT2D eigenvalue weighted by atomic mass is 9.91. The van der Waals surface area contributed by atoms with Gasteiger partial charge in [-0.2, -0.15) is 4.58 Å². The van der Waals surface area contributed by atoms with Gasteiger partial charge in [0.15, 0.2) is 12.4 Å². The minimum Gasteiger partial charge on any atom is -0.490 e. The van der Waals surface area contributed by atoms with Crippen LogP contribution in [0.25, 0.3) is 5.57 Å². The average Bonchev–Trinajstić information content (AvgIpc) is 2.64. The van der Waals surface area contributed by atoms with Gasteiger partial charge in [0, 0.05) is 23.6 Å². The van der Waals surface area contributed by atoms with E-state index in [4.69, 9.17) is 37.8 Å². The fourth-order valence-electron chi connectivity index (χ4n) is 3.47. The molecule has 0 aliphatic carbocycles. The van der Waals surface area contributed by atoms with E-state index < -0.39 is 0 Å². The molecule has 6 heteroatoms. The number of rotatable bonds is 7. The van der Waals surface area contributed by atoms with Gasteiger partial charge in [-0.15, -0.1) is 0 Å². The van der Waals surface area contributed by atoms with Gasteiger partial charge in [0.25, 0.3) is 6.23 Å². The summed E-state index contributed by atoms with van der Waals surface area (Å²) in [5, 5.41) is 10.1. The summed E-state index contributed by atoms with van der Waals surface area (Å²) in [6.45, 7) is 5.01. The zero-order valence-corrected chi connectivity index (χ0v) is 17.3. The van der Waals surface area contributed by atoms with Crippen LogP contribution in [0.1, 0.15) is 43.7 Å². The van der Waals surface area contributed by atoms with Gasteiger partial charge >= 0.3 is 0 Å². The molecule has 4 nitrogen and oxygen atoms in total. The molecule has 0 aromatic heterocycles. The summed E-state index contributed by atoms with van der Waals surface area (Å²) < 4.78 is 13.8. The van der Waals surface area contributed by atoms with Crippen molar-refractivity contribution in [2.75, 3.05) is 19.8 Å². The number of hydrogen-bond donors (Lipinski definition) is 1. The fraction of sp³-hybridized carbons (Fsp3) is 0.476. The third-order valence-electron chi connectivity index (χ3n) is 4.82. The van der Waals surface area contributed by atoms with E-state index in [-0.39, 0.29) is 19.4 Å². The predicted molar refractivity (Wildman–Crippen MR) is 110 cm³/mol. The van der Waals surface area contributed by atoms with E-state index >= 15 is 0 Å². The lowest BCUT2D eigenvalue weighted by Crippen LogP contribution is -2.34. The summed E-state index contributed by atoms with van der Waals surface area (Å²) in [6.07, 6.45) is 10.8. The van der Waals surface area contributed by atoms with Crippen LogP contribution in [-0.2, 0) is 4.74 Å². The van der Waals surface area contributed by atoms with Gasteiger partial charge in [-0.3, -0.25) is 0 Å². The molecule has 0 amide bonds. The Bertz CT molecular complexity index is 793. The van der Waals surface area contributed by atoms with E-state index in [1.165, 1.54) is 6.42 Å². The monoisotopic (exact) mass is 410 g/mol. The molecule has 1 aromatic carbocycles. The number of halogens is 2. The number of nitrogens with zero attached hydrogens (tertiary/aromatic N) is 1. The molecule has 1 saturated heterocycles.